The molecule has 2 aromatic rings. The number of carbonyl (C=O) groups is 2. The molecular formula is C30H42N4O6S. The van der Waals surface area contributed by atoms with Crippen LogP contribution in [0.2, 0.25) is 0 Å². The Morgan fingerprint density at radius 2 is 1.83 bits per heavy atom. The quantitative estimate of drug-likeness (QED) is 0.429. The van der Waals surface area contributed by atoms with E-state index in [1.807, 2.05) is 13.8 Å². The SMILES string of the molecule is Cc1ccc(S(=O)(=O)N(C)C[C@@H]2Oc3c(NC(=O)NC4CCCCC4)cccc3C(=O)N([C@@H](C)CO)C[C@@H]2C)cc1. The molecule has 1 aliphatic heterocycles. The van der Waals surface area contributed by atoms with E-state index in [0.717, 1.165) is 31.2 Å². The zero-order chi connectivity index (χ0) is 29.7. The van der Waals surface area contributed by atoms with E-state index >= 15 is 0 Å². The highest BCUT2D eigenvalue weighted by molar-refractivity contribution is 7.89. The van der Waals surface area contributed by atoms with Crippen LogP contribution >= 0.6 is 0 Å². The Hall–Kier alpha value is -3.15. The molecule has 224 valence electrons. The van der Waals surface area contributed by atoms with Crippen molar-refractivity contribution in [3.8, 4) is 5.75 Å². The highest BCUT2D eigenvalue weighted by Crippen LogP contribution is 2.35. The van der Waals surface area contributed by atoms with Crippen LogP contribution in [0.25, 0.3) is 0 Å². The van der Waals surface area contributed by atoms with Gasteiger partial charge in [0.2, 0.25) is 10.0 Å². The zero-order valence-electron chi connectivity index (χ0n) is 24.3. The van der Waals surface area contributed by atoms with Gasteiger partial charge in [0.05, 0.1) is 35.3 Å². The summed E-state index contributed by atoms with van der Waals surface area (Å²) >= 11 is 0. The van der Waals surface area contributed by atoms with E-state index in [1.54, 1.807) is 54.3 Å². The number of rotatable bonds is 8. The number of fused-ring (bicyclic) bond motifs is 1. The van der Waals surface area contributed by atoms with Crippen molar-refractivity contribution in [2.45, 2.75) is 76.0 Å². The molecule has 0 radical (unpaired) electrons. The lowest BCUT2D eigenvalue weighted by Gasteiger charge is -2.38. The number of aliphatic hydroxyl groups excluding tert-OH is 1. The summed E-state index contributed by atoms with van der Waals surface area (Å²) in [6, 6.07) is 10.9. The molecule has 2 aromatic carbocycles. The molecule has 3 amide bonds. The molecule has 0 bridgehead atoms. The van der Waals surface area contributed by atoms with E-state index in [2.05, 4.69) is 10.6 Å². The summed E-state index contributed by atoms with van der Waals surface area (Å²) in [6.45, 7) is 5.57. The monoisotopic (exact) mass is 586 g/mol. The topological polar surface area (TPSA) is 128 Å². The average Bonchev–Trinajstić information content (AvgIpc) is 2.95. The number of carbonyl (C=O) groups excluding carboxylic acids is 2. The molecule has 0 saturated heterocycles. The Kier molecular flexibility index (Phi) is 9.93. The normalized spacial score (nSPS) is 20.9. The molecule has 0 unspecified atom stereocenters. The van der Waals surface area contributed by atoms with Crippen molar-refractivity contribution >= 4 is 27.6 Å². The van der Waals surface area contributed by atoms with E-state index in [9.17, 15) is 23.1 Å². The maximum absolute atomic E-state index is 13.7. The molecule has 41 heavy (non-hydrogen) atoms. The molecule has 1 aliphatic carbocycles. The Balaban J connectivity index is 1.65. The second-order valence-corrected chi connectivity index (χ2v) is 13.4. The van der Waals surface area contributed by atoms with Gasteiger partial charge in [-0.25, -0.2) is 13.2 Å². The zero-order valence-corrected chi connectivity index (χ0v) is 25.1. The van der Waals surface area contributed by atoms with Crippen LogP contribution in [0.15, 0.2) is 47.4 Å². The predicted molar refractivity (Wildman–Crippen MR) is 158 cm³/mol. The fourth-order valence-corrected chi connectivity index (χ4v) is 6.58. The van der Waals surface area contributed by atoms with Crippen molar-refractivity contribution in [1.82, 2.24) is 14.5 Å². The van der Waals surface area contributed by atoms with Gasteiger partial charge in [-0.2, -0.15) is 4.31 Å². The first kappa shape index (κ1) is 30.8. The van der Waals surface area contributed by atoms with Gasteiger partial charge >= 0.3 is 6.03 Å². The summed E-state index contributed by atoms with van der Waals surface area (Å²) in [4.78, 5) is 28.4. The van der Waals surface area contributed by atoms with Crippen molar-refractivity contribution in [1.29, 1.82) is 0 Å². The number of sulfonamides is 1. The lowest BCUT2D eigenvalue weighted by atomic mass is 9.96. The summed E-state index contributed by atoms with van der Waals surface area (Å²) in [5, 5.41) is 15.8. The highest BCUT2D eigenvalue weighted by atomic mass is 32.2. The van der Waals surface area contributed by atoms with Crippen molar-refractivity contribution in [2.75, 3.05) is 32.1 Å². The number of nitrogens with zero attached hydrogens (tertiary/aromatic N) is 2. The Labute approximate surface area is 243 Å². The van der Waals surface area contributed by atoms with Crippen LogP contribution < -0.4 is 15.4 Å². The van der Waals surface area contributed by atoms with Gasteiger partial charge in [0.15, 0.2) is 5.75 Å². The molecule has 0 spiro atoms. The van der Waals surface area contributed by atoms with Gasteiger partial charge < -0.3 is 25.4 Å². The highest BCUT2D eigenvalue weighted by Gasteiger charge is 2.36. The first-order valence-electron chi connectivity index (χ1n) is 14.3. The van der Waals surface area contributed by atoms with Gasteiger partial charge in [-0.15, -0.1) is 0 Å². The molecule has 3 N–H and O–H groups in total. The second-order valence-electron chi connectivity index (χ2n) is 11.3. The van der Waals surface area contributed by atoms with Gasteiger partial charge in [0, 0.05) is 25.6 Å². The van der Waals surface area contributed by atoms with Gasteiger partial charge in [-0.05, 0) is 51.0 Å². The number of nitrogens with one attached hydrogen (secondary N) is 2. The third kappa shape index (κ3) is 7.20. The predicted octanol–water partition coefficient (Wildman–Crippen LogP) is 3.99. The van der Waals surface area contributed by atoms with E-state index in [1.165, 1.54) is 17.8 Å². The van der Waals surface area contributed by atoms with Crippen LogP contribution in [0.3, 0.4) is 0 Å². The first-order valence-corrected chi connectivity index (χ1v) is 15.8. The molecule has 0 aromatic heterocycles. The Morgan fingerprint density at radius 3 is 2.49 bits per heavy atom. The maximum atomic E-state index is 13.7. The number of aryl methyl sites for hydroxylation is 1. The smallest absolute Gasteiger partial charge is 0.319 e. The van der Waals surface area contributed by atoms with Crippen molar-refractivity contribution in [3.05, 3.63) is 53.6 Å². The van der Waals surface area contributed by atoms with Crippen molar-refractivity contribution < 1.29 is 27.9 Å². The number of anilines is 1. The maximum Gasteiger partial charge on any atom is 0.319 e. The Bertz CT molecular complexity index is 1330. The number of para-hydroxylation sites is 1. The van der Waals surface area contributed by atoms with Crippen LogP contribution in [-0.2, 0) is 10.0 Å². The summed E-state index contributed by atoms with van der Waals surface area (Å²) < 4.78 is 34.5. The number of ether oxygens (including phenoxy) is 1. The lowest BCUT2D eigenvalue weighted by Crippen LogP contribution is -2.50. The van der Waals surface area contributed by atoms with E-state index in [0.29, 0.717) is 5.69 Å². The fraction of sp³-hybridized carbons (Fsp3) is 0.533. The summed E-state index contributed by atoms with van der Waals surface area (Å²) in [5.74, 6) is -0.450. The first-order chi connectivity index (χ1) is 19.5. The van der Waals surface area contributed by atoms with Crippen LogP contribution in [0.1, 0.15) is 61.9 Å². The molecular weight excluding hydrogens is 544 g/mol. The van der Waals surface area contributed by atoms with E-state index < -0.39 is 22.2 Å². The van der Waals surface area contributed by atoms with Gasteiger partial charge in [0.1, 0.15) is 6.10 Å². The number of likely N-dealkylation sites (N-methyl/N-ethyl adjacent to an activating group) is 1. The summed E-state index contributed by atoms with van der Waals surface area (Å²) in [7, 11) is -2.31. The molecule has 2 aliphatic rings. The van der Waals surface area contributed by atoms with Gasteiger partial charge in [-0.1, -0.05) is 49.9 Å². The number of amides is 3. The average molecular weight is 587 g/mol. The number of hydrogen-bond donors (Lipinski definition) is 3. The van der Waals surface area contributed by atoms with Gasteiger partial charge in [0.25, 0.3) is 5.91 Å². The lowest BCUT2D eigenvalue weighted by molar-refractivity contribution is 0.0389. The Morgan fingerprint density at radius 1 is 1.15 bits per heavy atom. The number of urea groups is 1. The van der Waals surface area contributed by atoms with Gasteiger partial charge in [-0.3, -0.25) is 4.79 Å². The minimum absolute atomic E-state index is 0.00889. The minimum atomic E-state index is -3.81. The molecule has 10 nitrogen and oxygen atoms in total. The van der Waals surface area contributed by atoms with Crippen molar-refractivity contribution in [3.63, 3.8) is 0 Å². The van der Waals surface area contributed by atoms with Crippen molar-refractivity contribution in [2.24, 2.45) is 5.92 Å². The molecule has 3 atom stereocenters. The molecule has 1 heterocycles. The van der Waals surface area contributed by atoms with E-state index in [-0.39, 0.29) is 59.8 Å². The van der Waals surface area contributed by atoms with Crippen LogP contribution in [-0.4, -0.2) is 79.6 Å². The third-order valence-electron chi connectivity index (χ3n) is 8.05. The standard InChI is InChI=1S/C30H42N4O6S/c1-20-13-15-24(16-14-20)41(38,39)33(4)18-27-21(2)17-34(22(3)19-35)29(36)25-11-8-12-26(28(25)40-27)32-30(37)31-23-9-6-5-7-10-23/h8,11-16,21-23,27,35H,5-7,9-10,17-19H2,1-4H3,(H2,31,32,37)/t21-,22-,27-/m0/s1. The van der Waals surface area contributed by atoms with Crippen LogP contribution in [0.5, 0.6) is 5.75 Å². The molecule has 4 rings (SSSR count). The number of aliphatic hydroxyl groups is 1. The second kappa shape index (κ2) is 13.2. The minimum Gasteiger partial charge on any atom is -0.486 e. The van der Waals surface area contributed by atoms with Crippen LogP contribution in [0.4, 0.5) is 10.5 Å². The summed E-state index contributed by atoms with van der Waals surface area (Å²) in [5.41, 5.74) is 1.51. The largest absolute Gasteiger partial charge is 0.486 e. The van der Waals surface area contributed by atoms with Crippen LogP contribution in [0, 0.1) is 12.8 Å². The number of hydrogen-bond acceptors (Lipinski definition) is 6. The molecule has 1 saturated carbocycles. The van der Waals surface area contributed by atoms with E-state index in [4.69, 9.17) is 4.74 Å². The third-order valence-corrected chi connectivity index (χ3v) is 9.88. The fourth-order valence-electron chi connectivity index (χ4n) is 5.39. The summed E-state index contributed by atoms with van der Waals surface area (Å²) in [6.07, 6.45) is 4.49. The molecule has 1 fully saturated rings. The number of benzene rings is 2. The molecule has 11 heteroatoms.